The van der Waals surface area contributed by atoms with Gasteiger partial charge in [0, 0.05) is 0 Å². The lowest BCUT2D eigenvalue weighted by molar-refractivity contribution is 0.930. The molecular weight excluding hydrogens is 324 g/mol. The molecule has 4 rings (SSSR count). The van der Waals surface area contributed by atoms with Crippen LogP contribution in [0.5, 0.6) is 0 Å². The Morgan fingerprint density at radius 2 is 1.19 bits per heavy atom. The highest BCUT2D eigenvalue weighted by Gasteiger charge is 2.15. The van der Waals surface area contributed by atoms with E-state index in [-0.39, 0.29) is 0 Å². The minimum absolute atomic E-state index is 1.10. The van der Waals surface area contributed by atoms with Crippen LogP contribution in [0.4, 0.5) is 0 Å². The molecule has 0 saturated carbocycles. The summed E-state index contributed by atoms with van der Waals surface area (Å²) in [6.07, 6.45) is 2.26. The molecule has 27 heavy (non-hydrogen) atoms. The summed E-state index contributed by atoms with van der Waals surface area (Å²) in [5.41, 5.74) is 9.29. The number of rotatable bonds is 4. The third-order valence-electron chi connectivity index (χ3n) is 5.35. The summed E-state index contributed by atoms with van der Waals surface area (Å²) in [5.74, 6) is 0. The first-order valence-electron chi connectivity index (χ1n) is 9.86. The molecule has 0 unspecified atom stereocenters. The molecule has 0 saturated heterocycles. The van der Waals surface area contributed by atoms with Crippen molar-refractivity contribution in [1.82, 2.24) is 0 Å². The number of hydrogen-bond acceptors (Lipinski definition) is 0. The molecule has 0 atom stereocenters. The average Bonchev–Trinajstić information content (AvgIpc) is 2.69. The van der Waals surface area contributed by atoms with Crippen LogP contribution in [-0.4, -0.2) is 0 Å². The molecule has 0 aliphatic heterocycles. The Kier molecular flexibility index (Phi) is 4.81. The van der Waals surface area contributed by atoms with Crippen LogP contribution in [0.2, 0.25) is 0 Å². The number of aryl methyl sites for hydroxylation is 3. The van der Waals surface area contributed by atoms with Gasteiger partial charge in [0.2, 0.25) is 0 Å². The van der Waals surface area contributed by atoms with Crippen molar-refractivity contribution in [2.45, 2.75) is 33.6 Å². The predicted molar refractivity (Wildman–Crippen MR) is 118 cm³/mol. The molecule has 0 nitrogen and oxygen atoms in total. The standard InChI is InChI=1S/C27H26/c1-4-7-23-18-26(21-14-10-19(2)11-15-21)27(22-16-12-20(3)13-17-22)25-9-6-5-8-24(23)25/h5-6,8-18H,4,7H2,1-3H3. The topological polar surface area (TPSA) is 0 Å². The highest BCUT2D eigenvalue weighted by atomic mass is 14.2. The van der Waals surface area contributed by atoms with E-state index in [2.05, 4.69) is 99.6 Å². The van der Waals surface area contributed by atoms with E-state index in [4.69, 9.17) is 0 Å². The minimum atomic E-state index is 1.10. The molecule has 0 aromatic heterocycles. The molecule has 134 valence electrons. The zero-order valence-corrected chi connectivity index (χ0v) is 16.4. The Bertz CT molecular complexity index is 1070. The first-order chi connectivity index (χ1) is 13.2. The van der Waals surface area contributed by atoms with Crippen LogP contribution < -0.4 is 0 Å². The molecule has 0 spiro atoms. The van der Waals surface area contributed by atoms with E-state index in [1.54, 1.807) is 0 Å². The van der Waals surface area contributed by atoms with Gasteiger partial charge in [-0.3, -0.25) is 0 Å². The fourth-order valence-electron chi connectivity index (χ4n) is 3.92. The predicted octanol–water partition coefficient (Wildman–Crippen LogP) is 7.74. The van der Waals surface area contributed by atoms with Crippen molar-refractivity contribution in [1.29, 1.82) is 0 Å². The molecule has 0 heteroatoms. The van der Waals surface area contributed by atoms with Gasteiger partial charge < -0.3 is 0 Å². The van der Waals surface area contributed by atoms with Crippen molar-refractivity contribution >= 4 is 10.8 Å². The highest BCUT2D eigenvalue weighted by Crippen LogP contribution is 2.40. The quantitative estimate of drug-likeness (QED) is 0.353. The third-order valence-corrected chi connectivity index (χ3v) is 5.35. The maximum atomic E-state index is 2.42. The van der Waals surface area contributed by atoms with Gasteiger partial charge >= 0.3 is 0 Å². The third kappa shape index (κ3) is 3.40. The van der Waals surface area contributed by atoms with Crippen LogP contribution >= 0.6 is 0 Å². The lowest BCUT2D eigenvalue weighted by Gasteiger charge is -2.18. The van der Waals surface area contributed by atoms with E-state index in [1.807, 2.05) is 0 Å². The second kappa shape index (κ2) is 7.40. The fraction of sp³-hybridized carbons (Fsp3) is 0.185. The largest absolute Gasteiger partial charge is 0.0651 e. The Balaban J connectivity index is 2.08. The number of benzene rings is 4. The Hall–Kier alpha value is -2.86. The van der Waals surface area contributed by atoms with Crippen LogP contribution in [0.3, 0.4) is 0 Å². The summed E-state index contributed by atoms with van der Waals surface area (Å²) in [7, 11) is 0. The van der Waals surface area contributed by atoms with Gasteiger partial charge in [0.25, 0.3) is 0 Å². The van der Waals surface area contributed by atoms with Crippen LogP contribution in [0.1, 0.15) is 30.0 Å². The Labute approximate surface area is 162 Å². The van der Waals surface area contributed by atoms with E-state index >= 15 is 0 Å². The van der Waals surface area contributed by atoms with Gasteiger partial charge in [-0.2, -0.15) is 0 Å². The molecule has 4 aromatic rings. The van der Waals surface area contributed by atoms with Crippen molar-refractivity contribution in [3.63, 3.8) is 0 Å². The van der Waals surface area contributed by atoms with Crippen molar-refractivity contribution in [2.75, 3.05) is 0 Å². The van der Waals surface area contributed by atoms with Gasteiger partial charge in [0.05, 0.1) is 0 Å². The molecule has 4 aromatic carbocycles. The molecular formula is C27H26. The summed E-state index contributed by atoms with van der Waals surface area (Å²) >= 11 is 0. The molecule has 0 heterocycles. The molecule has 0 aliphatic rings. The lowest BCUT2D eigenvalue weighted by Crippen LogP contribution is -1.94. The van der Waals surface area contributed by atoms with Gasteiger partial charge in [-0.25, -0.2) is 0 Å². The van der Waals surface area contributed by atoms with E-state index < -0.39 is 0 Å². The number of hydrogen-bond donors (Lipinski definition) is 0. The Morgan fingerprint density at radius 3 is 1.78 bits per heavy atom. The minimum Gasteiger partial charge on any atom is -0.0651 e. The van der Waals surface area contributed by atoms with E-state index in [0.29, 0.717) is 0 Å². The van der Waals surface area contributed by atoms with E-state index in [1.165, 1.54) is 49.7 Å². The molecule has 0 aliphatic carbocycles. The number of fused-ring (bicyclic) bond motifs is 1. The van der Waals surface area contributed by atoms with Crippen molar-refractivity contribution < 1.29 is 0 Å². The molecule has 0 bridgehead atoms. The summed E-state index contributed by atoms with van der Waals surface area (Å²) in [6.45, 7) is 6.55. The zero-order chi connectivity index (χ0) is 18.8. The van der Waals surface area contributed by atoms with Crippen molar-refractivity contribution in [2.24, 2.45) is 0 Å². The van der Waals surface area contributed by atoms with Crippen LogP contribution in [0, 0.1) is 13.8 Å². The lowest BCUT2D eigenvalue weighted by atomic mass is 9.86. The maximum Gasteiger partial charge on any atom is -0.00266 e. The van der Waals surface area contributed by atoms with Crippen molar-refractivity contribution in [3.05, 3.63) is 95.6 Å². The van der Waals surface area contributed by atoms with E-state index in [0.717, 1.165) is 12.8 Å². The maximum absolute atomic E-state index is 2.42. The van der Waals surface area contributed by atoms with E-state index in [9.17, 15) is 0 Å². The zero-order valence-electron chi connectivity index (χ0n) is 16.4. The molecule has 0 N–H and O–H groups in total. The Morgan fingerprint density at radius 1 is 0.630 bits per heavy atom. The monoisotopic (exact) mass is 350 g/mol. The smallest absolute Gasteiger partial charge is 0.00266 e. The SMILES string of the molecule is CCCc1cc(-c2ccc(C)cc2)c(-c2ccc(C)cc2)c2ccccc12. The fourth-order valence-corrected chi connectivity index (χ4v) is 3.92. The normalized spacial score (nSPS) is 11.1. The summed E-state index contributed by atoms with van der Waals surface area (Å²) in [5, 5.41) is 2.73. The highest BCUT2D eigenvalue weighted by molar-refractivity contribution is 6.05. The molecule has 0 fully saturated rings. The second-order valence-corrected chi connectivity index (χ2v) is 7.49. The summed E-state index contributed by atoms with van der Waals surface area (Å²) < 4.78 is 0. The average molecular weight is 351 g/mol. The van der Waals surface area contributed by atoms with Crippen LogP contribution in [0.15, 0.2) is 78.9 Å². The van der Waals surface area contributed by atoms with Gasteiger partial charge in [-0.1, -0.05) is 97.3 Å². The van der Waals surface area contributed by atoms with Crippen molar-refractivity contribution in [3.8, 4) is 22.3 Å². The first kappa shape index (κ1) is 17.5. The molecule has 0 radical (unpaired) electrons. The van der Waals surface area contributed by atoms with Gasteiger partial charge in [0.15, 0.2) is 0 Å². The first-order valence-corrected chi connectivity index (χ1v) is 9.86. The van der Waals surface area contributed by atoms with Gasteiger partial charge in [0.1, 0.15) is 0 Å². The van der Waals surface area contributed by atoms with Gasteiger partial charge in [-0.15, -0.1) is 0 Å². The van der Waals surface area contributed by atoms with Crippen LogP contribution in [-0.2, 0) is 6.42 Å². The second-order valence-electron chi connectivity index (χ2n) is 7.49. The summed E-state index contributed by atoms with van der Waals surface area (Å²) in [6, 6.07) is 29.2. The summed E-state index contributed by atoms with van der Waals surface area (Å²) in [4.78, 5) is 0. The van der Waals surface area contributed by atoms with Gasteiger partial charge in [-0.05, 0) is 64.9 Å². The van der Waals surface area contributed by atoms with Crippen LogP contribution in [0.25, 0.3) is 33.0 Å². The molecule has 0 amide bonds.